The van der Waals surface area contributed by atoms with E-state index in [1.54, 1.807) is 0 Å². The first-order valence-electron chi connectivity index (χ1n) is 6.97. The Morgan fingerprint density at radius 1 is 1.12 bits per heavy atom. The molecule has 2 aromatic rings. The van der Waals surface area contributed by atoms with Gasteiger partial charge in [0, 0.05) is 5.56 Å². The summed E-state index contributed by atoms with van der Waals surface area (Å²) in [5.41, 5.74) is -1.36. The highest BCUT2D eigenvalue weighted by Gasteiger charge is 2.30. The number of ether oxygens (including phenoxy) is 2. The molecule has 0 spiro atoms. The summed E-state index contributed by atoms with van der Waals surface area (Å²) >= 11 is 0. The van der Waals surface area contributed by atoms with Gasteiger partial charge in [0.15, 0.2) is 12.4 Å². The lowest BCUT2D eigenvalue weighted by atomic mass is 10.1. The molecule has 8 heteroatoms. The van der Waals surface area contributed by atoms with Crippen LogP contribution in [0.4, 0.5) is 13.2 Å². The number of carbonyl (C=O) groups is 2. The molecule has 0 fully saturated rings. The van der Waals surface area contributed by atoms with Crippen molar-refractivity contribution in [3.63, 3.8) is 0 Å². The lowest BCUT2D eigenvalue weighted by Crippen LogP contribution is -2.15. The lowest BCUT2D eigenvalue weighted by Gasteiger charge is -2.11. The molecule has 132 valence electrons. The summed E-state index contributed by atoms with van der Waals surface area (Å²) in [4.78, 5) is 23.3. The fourth-order valence-corrected chi connectivity index (χ4v) is 2.02. The molecule has 0 radical (unpaired) electrons. The van der Waals surface area contributed by atoms with Gasteiger partial charge < -0.3 is 14.6 Å². The van der Waals surface area contributed by atoms with Crippen LogP contribution in [0.25, 0.3) is 0 Å². The van der Waals surface area contributed by atoms with Crippen molar-refractivity contribution < 1.29 is 37.3 Å². The summed E-state index contributed by atoms with van der Waals surface area (Å²) in [5, 5.41) is 9.15. The minimum atomic E-state index is -4.57. The van der Waals surface area contributed by atoms with Gasteiger partial charge in [-0.2, -0.15) is 13.2 Å². The monoisotopic (exact) mass is 354 g/mol. The number of hydrogen-bond acceptors (Lipinski definition) is 4. The first-order valence-corrected chi connectivity index (χ1v) is 6.97. The van der Waals surface area contributed by atoms with Gasteiger partial charge in [-0.15, -0.1) is 0 Å². The minimum Gasteiger partial charge on any atom is -0.497 e. The molecule has 0 heterocycles. The number of benzene rings is 2. The molecule has 0 amide bonds. The molecule has 0 saturated heterocycles. The molecule has 0 aromatic heterocycles. The zero-order valence-corrected chi connectivity index (χ0v) is 13.0. The highest BCUT2D eigenvalue weighted by atomic mass is 19.4. The predicted octanol–water partition coefficient (Wildman–Crippen LogP) is 3.67. The van der Waals surface area contributed by atoms with Gasteiger partial charge in [-0.3, -0.25) is 4.79 Å². The molecule has 2 rings (SSSR count). The molecule has 0 saturated carbocycles. The molecule has 0 aliphatic rings. The molecule has 2 aromatic carbocycles. The Morgan fingerprint density at radius 3 is 2.44 bits per heavy atom. The molecule has 1 N–H and O–H groups in total. The van der Waals surface area contributed by atoms with E-state index in [-0.39, 0.29) is 22.6 Å². The minimum absolute atomic E-state index is 0.0892. The molecular weight excluding hydrogens is 341 g/mol. The molecule has 0 atom stereocenters. The maximum atomic E-state index is 12.7. The van der Waals surface area contributed by atoms with Crippen LogP contribution in [0.5, 0.6) is 11.5 Å². The molecule has 0 aliphatic carbocycles. The Bertz CT molecular complexity index is 799. The number of carbonyl (C=O) groups excluding carboxylic acids is 1. The molecular formula is C17H13F3O5. The van der Waals surface area contributed by atoms with Gasteiger partial charge in [-0.25, -0.2) is 4.79 Å². The smallest absolute Gasteiger partial charge is 0.416 e. The maximum absolute atomic E-state index is 12.7. The fourth-order valence-electron chi connectivity index (χ4n) is 2.02. The Balaban J connectivity index is 2.17. The number of Topliss-reactive ketones (excluding diaryl/α,β-unsaturated/α-hetero) is 1. The van der Waals surface area contributed by atoms with Crippen LogP contribution in [-0.2, 0) is 6.18 Å². The van der Waals surface area contributed by atoms with E-state index in [0.717, 1.165) is 18.2 Å². The first kappa shape index (κ1) is 18.3. The van der Waals surface area contributed by atoms with Crippen molar-refractivity contribution in [2.75, 3.05) is 13.7 Å². The van der Waals surface area contributed by atoms with Gasteiger partial charge in [0.1, 0.15) is 17.1 Å². The van der Waals surface area contributed by atoms with Gasteiger partial charge in [-0.1, -0.05) is 12.1 Å². The van der Waals surface area contributed by atoms with Crippen LogP contribution in [0.15, 0.2) is 42.5 Å². The maximum Gasteiger partial charge on any atom is 0.416 e. The van der Waals surface area contributed by atoms with Gasteiger partial charge in [0.05, 0.1) is 12.7 Å². The molecule has 0 bridgehead atoms. The number of hydrogen-bond donors (Lipinski definition) is 1. The van der Waals surface area contributed by atoms with E-state index in [9.17, 15) is 22.8 Å². The Kier molecular flexibility index (Phi) is 5.31. The van der Waals surface area contributed by atoms with Crippen molar-refractivity contribution in [2.24, 2.45) is 0 Å². The largest absolute Gasteiger partial charge is 0.497 e. The number of carboxylic acid groups (broad SMARTS) is 1. The Hall–Kier alpha value is -3.03. The van der Waals surface area contributed by atoms with Crippen molar-refractivity contribution >= 4 is 11.8 Å². The molecule has 25 heavy (non-hydrogen) atoms. The lowest BCUT2D eigenvalue weighted by molar-refractivity contribution is -0.137. The van der Waals surface area contributed by atoms with Crippen molar-refractivity contribution in [3.05, 3.63) is 59.2 Å². The summed E-state index contributed by atoms with van der Waals surface area (Å²) < 4.78 is 48.1. The number of halogens is 3. The van der Waals surface area contributed by atoms with Crippen LogP contribution in [0, 0.1) is 0 Å². The summed E-state index contributed by atoms with van der Waals surface area (Å²) in [6.45, 7) is -0.603. The topological polar surface area (TPSA) is 72.8 Å². The van der Waals surface area contributed by atoms with Gasteiger partial charge in [0.25, 0.3) is 0 Å². The van der Waals surface area contributed by atoms with Gasteiger partial charge >= 0.3 is 12.1 Å². The van der Waals surface area contributed by atoms with Crippen molar-refractivity contribution in [3.8, 4) is 11.5 Å². The summed E-state index contributed by atoms with van der Waals surface area (Å²) in [6.07, 6.45) is -4.57. The van der Waals surface area contributed by atoms with E-state index in [2.05, 4.69) is 0 Å². The van der Waals surface area contributed by atoms with E-state index in [0.29, 0.717) is 0 Å². The number of alkyl halides is 3. The SMILES string of the molecule is COc1ccc(OCC(=O)c2cccc(C(F)(F)F)c2)c(C(=O)O)c1. The average molecular weight is 354 g/mol. The third-order valence-electron chi connectivity index (χ3n) is 3.29. The second-order valence-corrected chi connectivity index (χ2v) is 4.96. The highest BCUT2D eigenvalue weighted by molar-refractivity contribution is 5.97. The molecule has 0 aliphatic heterocycles. The summed E-state index contributed by atoms with van der Waals surface area (Å²) in [7, 11) is 1.36. The number of rotatable bonds is 6. The van der Waals surface area contributed by atoms with Crippen molar-refractivity contribution in [1.82, 2.24) is 0 Å². The van der Waals surface area contributed by atoms with Crippen LogP contribution in [0.3, 0.4) is 0 Å². The normalized spacial score (nSPS) is 11.0. The average Bonchev–Trinajstić information content (AvgIpc) is 2.58. The van der Waals surface area contributed by atoms with Crippen LogP contribution >= 0.6 is 0 Å². The quantitative estimate of drug-likeness (QED) is 0.802. The van der Waals surface area contributed by atoms with Gasteiger partial charge in [0.2, 0.25) is 0 Å². The fraction of sp³-hybridized carbons (Fsp3) is 0.176. The third-order valence-corrected chi connectivity index (χ3v) is 3.29. The summed E-state index contributed by atoms with van der Waals surface area (Å²) in [5.74, 6) is -1.80. The number of carboxylic acids is 1. The number of ketones is 1. The standard InChI is InChI=1S/C17H13F3O5/c1-24-12-5-6-15(13(8-12)16(22)23)25-9-14(21)10-3-2-4-11(7-10)17(18,19)20/h2-8H,9H2,1H3,(H,22,23). The van der Waals surface area contributed by atoms with Crippen molar-refractivity contribution in [2.45, 2.75) is 6.18 Å². The number of aromatic carboxylic acids is 1. The highest BCUT2D eigenvalue weighted by Crippen LogP contribution is 2.30. The summed E-state index contributed by atoms with van der Waals surface area (Å²) in [6, 6.07) is 7.88. The third kappa shape index (κ3) is 4.50. The first-order chi connectivity index (χ1) is 11.7. The van der Waals surface area contributed by atoms with Crippen molar-refractivity contribution in [1.29, 1.82) is 0 Å². The Morgan fingerprint density at radius 2 is 1.84 bits per heavy atom. The van der Waals surface area contributed by atoms with E-state index in [4.69, 9.17) is 14.6 Å². The van der Waals surface area contributed by atoms with E-state index >= 15 is 0 Å². The van der Waals surface area contributed by atoms with Crippen LogP contribution in [-0.4, -0.2) is 30.6 Å². The predicted molar refractivity (Wildman–Crippen MR) is 81.2 cm³/mol. The molecule has 5 nitrogen and oxygen atoms in total. The van der Waals surface area contributed by atoms with Crippen LogP contribution < -0.4 is 9.47 Å². The zero-order valence-electron chi connectivity index (χ0n) is 13.0. The molecule has 0 unspecified atom stereocenters. The number of methoxy groups -OCH3 is 1. The zero-order chi connectivity index (χ0) is 18.6. The van der Waals surface area contributed by atoms with E-state index < -0.39 is 30.1 Å². The Labute approximate surface area is 140 Å². The van der Waals surface area contributed by atoms with Crippen LogP contribution in [0.1, 0.15) is 26.3 Å². The second kappa shape index (κ2) is 7.25. The van der Waals surface area contributed by atoms with Crippen LogP contribution in [0.2, 0.25) is 0 Å². The van der Waals surface area contributed by atoms with Gasteiger partial charge in [-0.05, 0) is 30.3 Å². The second-order valence-electron chi connectivity index (χ2n) is 4.96. The van der Waals surface area contributed by atoms with E-state index in [1.807, 2.05) is 0 Å². The van der Waals surface area contributed by atoms with E-state index in [1.165, 1.54) is 31.4 Å².